The van der Waals surface area contributed by atoms with Gasteiger partial charge >= 0.3 is 0 Å². The van der Waals surface area contributed by atoms with Gasteiger partial charge in [-0.2, -0.15) is 0 Å². The molecule has 2 aliphatic carbocycles. The van der Waals surface area contributed by atoms with E-state index >= 15 is 0 Å². The molecule has 1 spiro atoms. The number of nitrogens with zero attached hydrogens (tertiary/aromatic N) is 1. The molecule has 0 aliphatic heterocycles. The van der Waals surface area contributed by atoms with E-state index in [1.54, 1.807) is 0 Å². The average Bonchev–Trinajstić information content (AvgIpc) is 3.74. The Kier molecular flexibility index (Phi) is 7.15. The van der Waals surface area contributed by atoms with Crippen LogP contribution in [0, 0.1) is 0 Å². The third kappa shape index (κ3) is 4.90. The van der Waals surface area contributed by atoms with Crippen LogP contribution in [0.4, 0.5) is 0 Å². The van der Waals surface area contributed by atoms with Crippen molar-refractivity contribution in [3.63, 3.8) is 0 Å². The van der Waals surface area contributed by atoms with E-state index in [1.807, 2.05) is 0 Å². The van der Waals surface area contributed by atoms with E-state index in [0.717, 1.165) is 28.1 Å². The molecular formula is C54H35N. The van der Waals surface area contributed by atoms with Crippen LogP contribution in [0.3, 0.4) is 0 Å². The zero-order valence-corrected chi connectivity index (χ0v) is 30.2. The van der Waals surface area contributed by atoms with Crippen LogP contribution in [0.5, 0.6) is 0 Å². The summed E-state index contributed by atoms with van der Waals surface area (Å²) in [5.74, 6) is 0. The van der Waals surface area contributed by atoms with E-state index in [4.69, 9.17) is 4.98 Å². The zero-order chi connectivity index (χ0) is 36.3. The summed E-state index contributed by atoms with van der Waals surface area (Å²) in [5.41, 5.74) is 21.2. The van der Waals surface area contributed by atoms with Gasteiger partial charge in [-0.15, -0.1) is 0 Å². The molecule has 1 heterocycles. The Morgan fingerprint density at radius 3 is 1.07 bits per heavy atom. The zero-order valence-electron chi connectivity index (χ0n) is 30.2. The van der Waals surface area contributed by atoms with Gasteiger partial charge in [0, 0.05) is 11.1 Å². The molecule has 0 fully saturated rings. The fraction of sp³-hybridized carbons (Fsp3) is 0.0185. The Balaban J connectivity index is 1.15. The maximum Gasteiger partial charge on any atom is 0.0725 e. The Bertz CT molecular complexity index is 2790. The second-order valence-electron chi connectivity index (χ2n) is 14.7. The maximum absolute atomic E-state index is 5.55. The topological polar surface area (TPSA) is 12.9 Å². The Morgan fingerprint density at radius 1 is 0.236 bits per heavy atom. The fourth-order valence-electron chi connectivity index (χ4n) is 9.25. The highest BCUT2D eigenvalue weighted by Gasteiger charge is 2.51. The van der Waals surface area contributed by atoms with Crippen molar-refractivity contribution in [3.05, 3.63) is 235 Å². The smallest absolute Gasteiger partial charge is 0.0725 e. The van der Waals surface area contributed by atoms with Gasteiger partial charge in [-0.1, -0.05) is 176 Å². The van der Waals surface area contributed by atoms with Crippen molar-refractivity contribution in [1.29, 1.82) is 0 Å². The molecule has 8 aromatic carbocycles. The van der Waals surface area contributed by atoms with Gasteiger partial charge in [-0.05, 0) is 114 Å². The first-order valence-corrected chi connectivity index (χ1v) is 19.0. The van der Waals surface area contributed by atoms with Crippen LogP contribution in [0.25, 0.3) is 78.1 Å². The van der Waals surface area contributed by atoms with Crippen molar-refractivity contribution in [2.45, 2.75) is 5.41 Å². The summed E-state index contributed by atoms with van der Waals surface area (Å²) in [7, 11) is 0. The summed E-state index contributed by atoms with van der Waals surface area (Å²) in [5, 5.41) is 0. The van der Waals surface area contributed by atoms with Crippen molar-refractivity contribution in [3.8, 4) is 78.1 Å². The molecule has 256 valence electrons. The van der Waals surface area contributed by atoms with E-state index in [1.165, 1.54) is 72.3 Å². The highest BCUT2D eigenvalue weighted by Crippen LogP contribution is 2.63. The van der Waals surface area contributed by atoms with E-state index in [2.05, 4.69) is 212 Å². The van der Waals surface area contributed by atoms with Crippen LogP contribution in [-0.2, 0) is 5.41 Å². The summed E-state index contributed by atoms with van der Waals surface area (Å²) >= 11 is 0. The molecule has 11 rings (SSSR count). The number of fused-ring (bicyclic) bond motifs is 10. The number of benzene rings is 8. The maximum atomic E-state index is 5.55. The number of pyridine rings is 1. The summed E-state index contributed by atoms with van der Waals surface area (Å²) < 4.78 is 0. The van der Waals surface area contributed by atoms with Gasteiger partial charge in [0.25, 0.3) is 0 Å². The van der Waals surface area contributed by atoms with Crippen molar-refractivity contribution in [1.82, 2.24) is 4.98 Å². The minimum absolute atomic E-state index is 0.413. The number of rotatable bonds is 5. The van der Waals surface area contributed by atoms with Crippen molar-refractivity contribution in [2.24, 2.45) is 0 Å². The molecule has 55 heavy (non-hydrogen) atoms. The third-order valence-electron chi connectivity index (χ3n) is 11.7. The van der Waals surface area contributed by atoms with Crippen LogP contribution in [0.1, 0.15) is 22.3 Å². The van der Waals surface area contributed by atoms with Gasteiger partial charge in [0.1, 0.15) is 0 Å². The number of aromatic nitrogens is 1. The lowest BCUT2D eigenvalue weighted by atomic mass is 9.70. The minimum Gasteiger partial charge on any atom is -0.248 e. The molecule has 2 aliphatic rings. The van der Waals surface area contributed by atoms with Crippen LogP contribution in [0.15, 0.2) is 212 Å². The first-order chi connectivity index (χ1) is 27.3. The van der Waals surface area contributed by atoms with Gasteiger partial charge < -0.3 is 0 Å². The van der Waals surface area contributed by atoms with Crippen LogP contribution < -0.4 is 0 Å². The molecule has 0 unspecified atom stereocenters. The molecule has 0 amide bonds. The quantitative estimate of drug-likeness (QED) is 0.174. The fourth-order valence-corrected chi connectivity index (χ4v) is 9.25. The number of hydrogen-bond acceptors (Lipinski definition) is 1. The minimum atomic E-state index is -0.413. The van der Waals surface area contributed by atoms with E-state index in [0.29, 0.717) is 0 Å². The first kappa shape index (κ1) is 31.4. The summed E-state index contributed by atoms with van der Waals surface area (Å²) in [6.07, 6.45) is 0. The summed E-state index contributed by atoms with van der Waals surface area (Å²) in [6.45, 7) is 0. The second-order valence-corrected chi connectivity index (χ2v) is 14.7. The van der Waals surface area contributed by atoms with Crippen LogP contribution >= 0.6 is 0 Å². The van der Waals surface area contributed by atoms with Crippen molar-refractivity contribution >= 4 is 0 Å². The van der Waals surface area contributed by atoms with Gasteiger partial charge in [-0.3, -0.25) is 0 Å². The first-order valence-electron chi connectivity index (χ1n) is 19.0. The Hall–Kier alpha value is -7.09. The molecule has 1 nitrogen and oxygen atoms in total. The van der Waals surface area contributed by atoms with Gasteiger partial charge in [0.15, 0.2) is 0 Å². The van der Waals surface area contributed by atoms with Crippen molar-refractivity contribution in [2.75, 3.05) is 0 Å². The molecular weight excluding hydrogens is 663 g/mol. The summed E-state index contributed by atoms with van der Waals surface area (Å²) in [6, 6.07) is 77.5. The van der Waals surface area contributed by atoms with E-state index in [9.17, 15) is 0 Å². The Labute approximate surface area is 321 Å². The van der Waals surface area contributed by atoms with Gasteiger partial charge in [-0.25, -0.2) is 4.98 Å². The van der Waals surface area contributed by atoms with Crippen LogP contribution in [-0.4, -0.2) is 4.98 Å². The normalized spacial score (nSPS) is 12.9. The highest BCUT2D eigenvalue weighted by molar-refractivity contribution is 5.96. The lowest BCUT2D eigenvalue weighted by molar-refractivity contribution is 0.794. The highest BCUT2D eigenvalue weighted by atomic mass is 14.7. The molecule has 1 heteroatoms. The molecule has 0 atom stereocenters. The van der Waals surface area contributed by atoms with Gasteiger partial charge in [0.05, 0.1) is 16.8 Å². The molecule has 0 saturated heterocycles. The molecule has 0 saturated carbocycles. The molecule has 0 N–H and O–H groups in total. The SMILES string of the molecule is c1ccc(-c2cc(-c3ccccc3)cc(-c3cc(-c4ccccc4)cc(-c4ccc5c(c4)C4(c6ccccc6-c6ccccc64)c4ccccc4-5)n3)c2)cc1. The van der Waals surface area contributed by atoms with E-state index in [-0.39, 0.29) is 0 Å². The number of hydrogen-bond donors (Lipinski definition) is 0. The average molecular weight is 698 g/mol. The lowest BCUT2D eigenvalue weighted by Crippen LogP contribution is -2.25. The molecule has 9 aromatic rings. The Morgan fingerprint density at radius 2 is 0.600 bits per heavy atom. The van der Waals surface area contributed by atoms with E-state index < -0.39 is 5.41 Å². The second kappa shape index (κ2) is 12.5. The summed E-state index contributed by atoms with van der Waals surface area (Å²) in [4.78, 5) is 5.55. The lowest BCUT2D eigenvalue weighted by Gasteiger charge is -2.30. The van der Waals surface area contributed by atoms with Gasteiger partial charge in [0.2, 0.25) is 0 Å². The standard InChI is InChI=1S/C54H35N/c1-4-16-36(17-5-1)40-30-41(37-18-6-2-7-19-37)32-43(31-40)53-35-42(38-20-8-3-9-21-38)34-52(55-53)39-28-29-47-46-24-12-15-27-50(46)54(51(47)33-39)48-25-13-10-22-44(48)45-23-11-14-26-49(45)54/h1-35H. The van der Waals surface area contributed by atoms with Crippen LogP contribution in [0.2, 0.25) is 0 Å². The monoisotopic (exact) mass is 697 g/mol. The predicted molar refractivity (Wildman–Crippen MR) is 228 cm³/mol. The molecule has 0 bridgehead atoms. The van der Waals surface area contributed by atoms with Crippen molar-refractivity contribution < 1.29 is 0 Å². The largest absolute Gasteiger partial charge is 0.248 e. The molecule has 0 radical (unpaired) electrons. The third-order valence-corrected chi connectivity index (χ3v) is 11.7. The molecule has 1 aromatic heterocycles. The predicted octanol–water partition coefficient (Wildman–Crippen LogP) is 13.8.